The quantitative estimate of drug-likeness (QED) is 0.833. The predicted molar refractivity (Wildman–Crippen MR) is 87.7 cm³/mol. The molecule has 5 nitrogen and oxygen atoms in total. The molecule has 5 heteroatoms. The molecule has 0 aliphatic carbocycles. The van der Waals surface area contributed by atoms with Crippen molar-refractivity contribution in [2.75, 3.05) is 19.0 Å². The molecular weight excluding hydrogens is 294 g/mol. The van der Waals surface area contributed by atoms with Crippen LogP contribution in [-0.4, -0.2) is 25.6 Å². The summed E-state index contributed by atoms with van der Waals surface area (Å²) in [6.07, 6.45) is 0.0649. The van der Waals surface area contributed by atoms with Gasteiger partial charge in [-0.15, -0.1) is 0 Å². The number of ether oxygens (including phenoxy) is 2. The lowest BCUT2D eigenvalue weighted by molar-refractivity contribution is -0.142. The Balaban J connectivity index is 2.23. The largest absolute Gasteiger partial charge is 0.497 e. The topological polar surface area (TPSA) is 64.6 Å². The van der Waals surface area contributed by atoms with E-state index in [0.717, 1.165) is 0 Å². The smallest absolute Gasteiger partial charge is 0.310 e. The minimum atomic E-state index is -0.351. The molecule has 0 spiro atoms. The molecule has 0 fully saturated rings. The molecule has 0 aromatic heterocycles. The van der Waals surface area contributed by atoms with E-state index < -0.39 is 0 Å². The van der Waals surface area contributed by atoms with E-state index in [1.54, 1.807) is 56.5 Å². The maximum absolute atomic E-state index is 12.3. The fourth-order valence-corrected chi connectivity index (χ4v) is 2.12. The average molecular weight is 313 g/mol. The minimum Gasteiger partial charge on any atom is -0.497 e. The Morgan fingerprint density at radius 1 is 1.09 bits per heavy atom. The molecule has 0 bridgehead atoms. The highest BCUT2D eigenvalue weighted by atomic mass is 16.5. The van der Waals surface area contributed by atoms with Crippen molar-refractivity contribution >= 4 is 17.6 Å². The van der Waals surface area contributed by atoms with Crippen LogP contribution in [0.3, 0.4) is 0 Å². The Hall–Kier alpha value is -2.82. The Labute approximate surface area is 135 Å². The Kier molecular flexibility index (Phi) is 5.74. The molecule has 0 saturated carbocycles. The summed E-state index contributed by atoms with van der Waals surface area (Å²) in [6.45, 7) is 2.07. The number of benzene rings is 2. The third-order valence-electron chi connectivity index (χ3n) is 3.24. The molecule has 23 heavy (non-hydrogen) atoms. The van der Waals surface area contributed by atoms with E-state index in [1.165, 1.54) is 0 Å². The van der Waals surface area contributed by atoms with Crippen LogP contribution in [0, 0.1) is 0 Å². The van der Waals surface area contributed by atoms with Crippen molar-refractivity contribution in [1.82, 2.24) is 0 Å². The van der Waals surface area contributed by atoms with Crippen molar-refractivity contribution < 1.29 is 19.1 Å². The highest BCUT2D eigenvalue weighted by molar-refractivity contribution is 6.04. The second-order valence-corrected chi connectivity index (χ2v) is 4.83. The summed E-state index contributed by atoms with van der Waals surface area (Å²) < 4.78 is 10.1. The number of anilines is 1. The first-order valence-electron chi connectivity index (χ1n) is 7.33. The van der Waals surface area contributed by atoms with Gasteiger partial charge < -0.3 is 14.8 Å². The molecule has 0 unspecified atom stereocenters. The van der Waals surface area contributed by atoms with Crippen LogP contribution in [0.5, 0.6) is 5.75 Å². The van der Waals surface area contributed by atoms with Gasteiger partial charge in [0.15, 0.2) is 0 Å². The highest BCUT2D eigenvalue weighted by Gasteiger charge is 2.13. The van der Waals surface area contributed by atoms with Crippen LogP contribution >= 0.6 is 0 Å². The fourth-order valence-electron chi connectivity index (χ4n) is 2.12. The second-order valence-electron chi connectivity index (χ2n) is 4.83. The SMILES string of the molecule is CCOC(=O)Cc1cc(OC)ccc1NC(=O)c1ccccc1. The molecule has 0 aliphatic rings. The van der Waals surface area contributed by atoms with Gasteiger partial charge in [-0.25, -0.2) is 0 Å². The van der Waals surface area contributed by atoms with E-state index >= 15 is 0 Å². The van der Waals surface area contributed by atoms with Crippen LogP contribution in [-0.2, 0) is 16.0 Å². The molecule has 0 atom stereocenters. The number of esters is 1. The van der Waals surface area contributed by atoms with E-state index in [1.807, 2.05) is 6.07 Å². The molecule has 0 saturated heterocycles. The van der Waals surface area contributed by atoms with E-state index in [2.05, 4.69) is 5.32 Å². The average Bonchev–Trinajstić information content (AvgIpc) is 2.57. The van der Waals surface area contributed by atoms with Crippen molar-refractivity contribution in [3.05, 3.63) is 59.7 Å². The van der Waals surface area contributed by atoms with Gasteiger partial charge in [0.05, 0.1) is 20.1 Å². The maximum Gasteiger partial charge on any atom is 0.310 e. The van der Waals surface area contributed by atoms with Gasteiger partial charge in [0, 0.05) is 11.3 Å². The van der Waals surface area contributed by atoms with Crippen molar-refractivity contribution in [2.24, 2.45) is 0 Å². The number of hydrogen-bond donors (Lipinski definition) is 1. The van der Waals surface area contributed by atoms with Crippen LogP contribution in [0.4, 0.5) is 5.69 Å². The van der Waals surface area contributed by atoms with Crippen LogP contribution in [0.2, 0.25) is 0 Å². The fraction of sp³-hybridized carbons (Fsp3) is 0.222. The molecule has 1 amide bonds. The van der Waals surface area contributed by atoms with Gasteiger partial charge in [0.25, 0.3) is 5.91 Å². The summed E-state index contributed by atoms with van der Waals surface area (Å²) in [6, 6.07) is 14.1. The summed E-state index contributed by atoms with van der Waals surface area (Å²) in [5.74, 6) is 0.0267. The second kappa shape index (κ2) is 7.98. The standard InChI is InChI=1S/C18H19NO4/c1-3-23-17(20)12-14-11-15(22-2)9-10-16(14)19-18(21)13-7-5-4-6-8-13/h4-11H,3,12H2,1-2H3,(H,19,21). The van der Waals surface area contributed by atoms with Gasteiger partial charge in [-0.3, -0.25) is 9.59 Å². The molecule has 120 valence electrons. The molecule has 2 aromatic rings. The molecule has 1 N–H and O–H groups in total. The first kappa shape index (κ1) is 16.5. The third kappa shape index (κ3) is 4.57. The Bertz CT molecular complexity index is 683. The summed E-state index contributed by atoms with van der Waals surface area (Å²) in [4.78, 5) is 24.0. The first-order chi connectivity index (χ1) is 11.1. The number of carbonyl (C=O) groups excluding carboxylic acids is 2. The zero-order valence-electron chi connectivity index (χ0n) is 13.2. The van der Waals surface area contributed by atoms with Gasteiger partial charge in [-0.1, -0.05) is 18.2 Å². The summed E-state index contributed by atoms with van der Waals surface area (Å²) in [7, 11) is 1.55. The van der Waals surface area contributed by atoms with Crippen molar-refractivity contribution in [2.45, 2.75) is 13.3 Å². The number of methoxy groups -OCH3 is 1. The number of rotatable bonds is 6. The van der Waals surface area contributed by atoms with Gasteiger partial charge in [-0.05, 0) is 42.8 Å². The zero-order valence-corrected chi connectivity index (χ0v) is 13.2. The van der Waals surface area contributed by atoms with Crippen molar-refractivity contribution in [3.63, 3.8) is 0 Å². The number of nitrogens with one attached hydrogen (secondary N) is 1. The molecule has 0 aliphatic heterocycles. The van der Waals surface area contributed by atoms with Crippen LogP contribution in [0.15, 0.2) is 48.5 Å². The van der Waals surface area contributed by atoms with Crippen molar-refractivity contribution in [3.8, 4) is 5.75 Å². The first-order valence-corrected chi connectivity index (χ1v) is 7.33. The van der Waals surface area contributed by atoms with Crippen molar-refractivity contribution in [1.29, 1.82) is 0 Å². The van der Waals surface area contributed by atoms with Gasteiger partial charge in [0.2, 0.25) is 0 Å². The lowest BCUT2D eigenvalue weighted by Gasteiger charge is -2.12. The predicted octanol–water partition coefficient (Wildman–Crippen LogP) is 3.05. The Morgan fingerprint density at radius 3 is 2.48 bits per heavy atom. The van der Waals surface area contributed by atoms with Crippen LogP contribution in [0.25, 0.3) is 0 Å². The normalized spacial score (nSPS) is 10.0. The van der Waals surface area contributed by atoms with Gasteiger partial charge >= 0.3 is 5.97 Å². The monoisotopic (exact) mass is 313 g/mol. The highest BCUT2D eigenvalue weighted by Crippen LogP contribution is 2.23. The van der Waals surface area contributed by atoms with Crippen LogP contribution < -0.4 is 10.1 Å². The lowest BCUT2D eigenvalue weighted by Crippen LogP contribution is -2.15. The zero-order chi connectivity index (χ0) is 16.7. The van der Waals surface area contributed by atoms with E-state index in [0.29, 0.717) is 29.2 Å². The molecular formula is C18H19NO4. The van der Waals surface area contributed by atoms with Crippen LogP contribution in [0.1, 0.15) is 22.8 Å². The molecule has 2 rings (SSSR count). The maximum atomic E-state index is 12.3. The molecule has 0 radical (unpaired) electrons. The lowest BCUT2D eigenvalue weighted by atomic mass is 10.1. The summed E-state index contributed by atoms with van der Waals surface area (Å²) >= 11 is 0. The van der Waals surface area contributed by atoms with Gasteiger partial charge in [-0.2, -0.15) is 0 Å². The summed E-state index contributed by atoms with van der Waals surface area (Å²) in [5, 5.41) is 2.82. The number of hydrogen-bond acceptors (Lipinski definition) is 4. The van der Waals surface area contributed by atoms with Gasteiger partial charge in [0.1, 0.15) is 5.75 Å². The third-order valence-corrected chi connectivity index (χ3v) is 3.24. The molecule has 0 heterocycles. The Morgan fingerprint density at radius 2 is 1.83 bits per heavy atom. The van der Waals surface area contributed by atoms with E-state index in [-0.39, 0.29) is 18.3 Å². The summed E-state index contributed by atoms with van der Waals surface area (Å²) in [5.41, 5.74) is 1.75. The number of amides is 1. The minimum absolute atomic E-state index is 0.0649. The van der Waals surface area contributed by atoms with E-state index in [4.69, 9.17) is 9.47 Å². The van der Waals surface area contributed by atoms with E-state index in [9.17, 15) is 9.59 Å². The molecule has 2 aromatic carbocycles. The number of carbonyl (C=O) groups is 2.